The number of nitrogen functional groups attached to an aromatic ring is 1. The van der Waals surface area contributed by atoms with E-state index in [-0.39, 0.29) is 0 Å². The van der Waals surface area contributed by atoms with Gasteiger partial charge in [0.1, 0.15) is 0 Å². The highest BCUT2D eigenvalue weighted by Crippen LogP contribution is 2.24. The van der Waals surface area contributed by atoms with Gasteiger partial charge in [0.2, 0.25) is 0 Å². The number of benzene rings is 1. The maximum absolute atomic E-state index is 5.83. The van der Waals surface area contributed by atoms with Crippen molar-refractivity contribution in [2.45, 2.75) is 32.8 Å². The van der Waals surface area contributed by atoms with Gasteiger partial charge in [-0.1, -0.05) is 6.92 Å². The summed E-state index contributed by atoms with van der Waals surface area (Å²) >= 11 is 0. The third-order valence-electron chi connectivity index (χ3n) is 3.42. The summed E-state index contributed by atoms with van der Waals surface area (Å²) in [6, 6.07) is 6.11. The summed E-state index contributed by atoms with van der Waals surface area (Å²) in [6.45, 7) is 6.13. The van der Waals surface area contributed by atoms with E-state index < -0.39 is 0 Å². The molecule has 0 spiro atoms. The molecular formula is C14H22N2O. The van der Waals surface area contributed by atoms with Gasteiger partial charge in [0.05, 0.1) is 6.10 Å². The summed E-state index contributed by atoms with van der Waals surface area (Å²) < 4.78 is 5.69. The summed E-state index contributed by atoms with van der Waals surface area (Å²) in [5, 5.41) is 3.47. The van der Waals surface area contributed by atoms with Gasteiger partial charge in [0.15, 0.2) is 0 Å². The molecule has 2 rings (SSSR count). The normalized spacial score (nSPS) is 23.9. The highest BCUT2D eigenvalue weighted by molar-refractivity contribution is 5.56. The van der Waals surface area contributed by atoms with Crippen molar-refractivity contribution in [3.63, 3.8) is 0 Å². The first-order chi connectivity index (χ1) is 8.19. The molecule has 0 aliphatic carbocycles. The highest BCUT2D eigenvalue weighted by atomic mass is 16.5. The molecule has 0 amide bonds. The smallest absolute Gasteiger partial charge is 0.0618 e. The number of ether oxygens (including phenoxy) is 1. The van der Waals surface area contributed by atoms with Crippen LogP contribution in [0, 0.1) is 12.8 Å². The molecule has 3 N–H and O–H groups in total. The average Bonchev–Trinajstić information content (AvgIpc) is 2.72. The highest BCUT2D eigenvalue weighted by Gasteiger charge is 2.26. The molecule has 2 unspecified atom stereocenters. The maximum Gasteiger partial charge on any atom is 0.0618 e. The molecule has 0 aromatic heterocycles. The minimum absolute atomic E-state index is 0.421. The number of hydrogen-bond donors (Lipinski definition) is 2. The molecule has 1 heterocycles. The Morgan fingerprint density at radius 2 is 2.24 bits per heavy atom. The maximum atomic E-state index is 5.83. The van der Waals surface area contributed by atoms with Gasteiger partial charge in [-0.25, -0.2) is 0 Å². The Bertz CT molecular complexity index is 358. The van der Waals surface area contributed by atoms with Gasteiger partial charge in [-0.3, -0.25) is 0 Å². The molecule has 1 aromatic carbocycles. The molecule has 3 nitrogen and oxygen atoms in total. The van der Waals surface area contributed by atoms with Gasteiger partial charge < -0.3 is 15.8 Å². The van der Waals surface area contributed by atoms with Gasteiger partial charge in [-0.05, 0) is 43.5 Å². The lowest BCUT2D eigenvalue weighted by molar-refractivity contribution is 0.0900. The molecule has 0 saturated carbocycles. The summed E-state index contributed by atoms with van der Waals surface area (Å²) in [5.74, 6) is 0.627. The molecule has 2 atom stereocenters. The second-order valence-corrected chi connectivity index (χ2v) is 4.88. The summed E-state index contributed by atoms with van der Waals surface area (Å²) in [6.07, 6.45) is 2.68. The Morgan fingerprint density at radius 3 is 2.94 bits per heavy atom. The lowest BCUT2D eigenvalue weighted by Gasteiger charge is -2.18. The number of rotatable bonds is 4. The fraction of sp³-hybridized carbons (Fsp3) is 0.571. The van der Waals surface area contributed by atoms with Crippen molar-refractivity contribution in [3.8, 4) is 0 Å². The largest absolute Gasteiger partial charge is 0.399 e. The Hall–Kier alpha value is -1.22. The fourth-order valence-electron chi connectivity index (χ4n) is 2.54. The molecule has 94 valence electrons. The van der Waals surface area contributed by atoms with Crippen LogP contribution in [0.4, 0.5) is 11.4 Å². The Morgan fingerprint density at radius 1 is 1.41 bits per heavy atom. The van der Waals surface area contributed by atoms with Crippen LogP contribution in [0.3, 0.4) is 0 Å². The lowest BCUT2D eigenvalue weighted by atomic mass is 9.99. The van der Waals surface area contributed by atoms with Crippen molar-refractivity contribution >= 4 is 11.4 Å². The quantitative estimate of drug-likeness (QED) is 0.787. The van der Waals surface area contributed by atoms with E-state index in [1.165, 1.54) is 5.56 Å². The predicted octanol–water partition coefficient (Wildman–Crippen LogP) is 2.80. The van der Waals surface area contributed by atoms with Gasteiger partial charge in [-0.15, -0.1) is 0 Å². The molecule has 1 saturated heterocycles. The average molecular weight is 234 g/mol. The zero-order chi connectivity index (χ0) is 12.3. The van der Waals surface area contributed by atoms with Crippen molar-refractivity contribution in [2.24, 2.45) is 5.92 Å². The van der Waals surface area contributed by atoms with Crippen molar-refractivity contribution in [3.05, 3.63) is 23.8 Å². The third-order valence-corrected chi connectivity index (χ3v) is 3.42. The SMILES string of the molecule is CCC1OCCC1CNc1cc(C)cc(N)c1. The number of hydrogen-bond acceptors (Lipinski definition) is 3. The van der Waals surface area contributed by atoms with Crippen LogP contribution in [0.2, 0.25) is 0 Å². The number of anilines is 2. The van der Waals surface area contributed by atoms with Crippen molar-refractivity contribution < 1.29 is 4.74 Å². The Labute approximate surface area is 103 Å². The topological polar surface area (TPSA) is 47.3 Å². The van der Waals surface area contributed by atoms with Crippen LogP contribution in [0.15, 0.2) is 18.2 Å². The van der Waals surface area contributed by atoms with Crippen LogP contribution >= 0.6 is 0 Å². The van der Waals surface area contributed by atoms with Crippen molar-refractivity contribution in [2.75, 3.05) is 24.2 Å². The van der Waals surface area contributed by atoms with Gasteiger partial charge in [-0.2, -0.15) is 0 Å². The molecule has 1 aromatic rings. The lowest BCUT2D eigenvalue weighted by Crippen LogP contribution is -2.22. The second kappa shape index (κ2) is 5.41. The van der Waals surface area contributed by atoms with E-state index in [4.69, 9.17) is 10.5 Å². The van der Waals surface area contributed by atoms with Crippen LogP contribution in [-0.2, 0) is 4.74 Å². The minimum atomic E-state index is 0.421. The van der Waals surface area contributed by atoms with E-state index in [1.54, 1.807) is 0 Å². The van der Waals surface area contributed by atoms with Crippen molar-refractivity contribution in [1.29, 1.82) is 0 Å². The zero-order valence-electron chi connectivity index (χ0n) is 10.7. The summed E-state index contributed by atoms with van der Waals surface area (Å²) in [7, 11) is 0. The van der Waals surface area contributed by atoms with Gasteiger partial charge in [0.25, 0.3) is 0 Å². The van der Waals surface area contributed by atoms with E-state index in [0.29, 0.717) is 12.0 Å². The van der Waals surface area contributed by atoms with E-state index in [1.807, 2.05) is 12.1 Å². The summed E-state index contributed by atoms with van der Waals surface area (Å²) in [4.78, 5) is 0. The summed E-state index contributed by atoms with van der Waals surface area (Å²) in [5.41, 5.74) is 8.96. The van der Waals surface area contributed by atoms with Crippen LogP contribution in [0.1, 0.15) is 25.3 Å². The molecule has 1 fully saturated rings. The number of nitrogens with one attached hydrogen (secondary N) is 1. The van der Waals surface area contributed by atoms with E-state index in [0.717, 1.165) is 37.4 Å². The van der Waals surface area contributed by atoms with Crippen LogP contribution in [0.25, 0.3) is 0 Å². The van der Waals surface area contributed by atoms with Crippen LogP contribution < -0.4 is 11.1 Å². The first-order valence-corrected chi connectivity index (χ1v) is 6.41. The molecule has 1 aliphatic heterocycles. The zero-order valence-corrected chi connectivity index (χ0v) is 10.7. The van der Waals surface area contributed by atoms with Crippen LogP contribution in [0.5, 0.6) is 0 Å². The van der Waals surface area contributed by atoms with E-state index >= 15 is 0 Å². The minimum Gasteiger partial charge on any atom is -0.399 e. The molecule has 3 heteroatoms. The number of aryl methyl sites for hydroxylation is 1. The second-order valence-electron chi connectivity index (χ2n) is 4.88. The Balaban J connectivity index is 1.93. The standard InChI is InChI=1S/C14H22N2O/c1-3-14-11(4-5-17-14)9-16-13-7-10(2)6-12(15)8-13/h6-8,11,14,16H,3-5,9,15H2,1-2H3. The first kappa shape index (κ1) is 12.2. The van der Waals surface area contributed by atoms with E-state index in [2.05, 4.69) is 25.2 Å². The van der Waals surface area contributed by atoms with Crippen molar-refractivity contribution in [1.82, 2.24) is 0 Å². The fourth-order valence-corrected chi connectivity index (χ4v) is 2.54. The third kappa shape index (κ3) is 3.13. The van der Waals surface area contributed by atoms with E-state index in [9.17, 15) is 0 Å². The van der Waals surface area contributed by atoms with Crippen LogP contribution in [-0.4, -0.2) is 19.3 Å². The Kier molecular flexibility index (Phi) is 3.89. The monoisotopic (exact) mass is 234 g/mol. The molecule has 0 radical (unpaired) electrons. The molecular weight excluding hydrogens is 212 g/mol. The van der Waals surface area contributed by atoms with Gasteiger partial charge >= 0.3 is 0 Å². The molecule has 0 bridgehead atoms. The predicted molar refractivity (Wildman–Crippen MR) is 72.2 cm³/mol. The van der Waals surface area contributed by atoms with Gasteiger partial charge in [0, 0.05) is 30.4 Å². The number of nitrogens with two attached hydrogens (primary N) is 1. The molecule has 1 aliphatic rings. The molecule has 17 heavy (non-hydrogen) atoms. The first-order valence-electron chi connectivity index (χ1n) is 6.41.